The van der Waals surface area contributed by atoms with E-state index in [0.717, 1.165) is 11.6 Å². The molecule has 0 aromatic carbocycles. The quantitative estimate of drug-likeness (QED) is 0.895. The van der Waals surface area contributed by atoms with E-state index in [-0.39, 0.29) is 0 Å². The van der Waals surface area contributed by atoms with E-state index in [1.807, 2.05) is 0 Å². The molecule has 1 aromatic rings. The molecule has 3 nitrogen and oxygen atoms in total. The van der Waals surface area contributed by atoms with Crippen molar-refractivity contribution in [2.24, 2.45) is 10.8 Å². The van der Waals surface area contributed by atoms with Gasteiger partial charge in [0.2, 0.25) is 0 Å². The smallest absolute Gasteiger partial charge is 0.131 e. The first-order chi connectivity index (χ1) is 7.76. The van der Waals surface area contributed by atoms with Gasteiger partial charge in [0.05, 0.1) is 0 Å². The van der Waals surface area contributed by atoms with Gasteiger partial charge in [-0.05, 0) is 10.8 Å². The van der Waals surface area contributed by atoms with Crippen LogP contribution in [0.3, 0.4) is 0 Å². The number of nitrogens with one attached hydrogen (secondary N) is 1. The van der Waals surface area contributed by atoms with Gasteiger partial charge in [-0.2, -0.15) is 0 Å². The Bertz CT molecular complexity index is 393. The lowest BCUT2D eigenvalue weighted by Crippen LogP contribution is -2.21. The van der Waals surface area contributed by atoms with Gasteiger partial charge in [-0.1, -0.05) is 52.9 Å². The zero-order chi connectivity index (χ0) is 12.8. The van der Waals surface area contributed by atoms with Gasteiger partial charge in [-0.3, -0.25) is 0 Å². The van der Waals surface area contributed by atoms with Gasteiger partial charge < -0.3 is 5.32 Å². The summed E-state index contributed by atoms with van der Waals surface area (Å²) in [7, 11) is 0. The summed E-state index contributed by atoms with van der Waals surface area (Å²) in [5, 5.41) is 14.4. The first-order valence-corrected chi connectivity index (χ1v) is 7.14. The molecule has 0 amide bonds. The maximum absolute atomic E-state index is 4.38. The van der Waals surface area contributed by atoms with Crippen LogP contribution < -0.4 is 5.32 Å². The fraction of sp³-hybridized carbons (Fsp3) is 0.846. The fourth-order valence-electron chi connectivity index (χ4n) is 2.56. The Morgan fingerprint density at radius 2 is 1.76 bits per heavy atom. The fourth-order valence-corrected chi connectivity index (χ4v) is 3.83. The zero-order valence-electron chi connectivity index (χ0n) is 11.7. The van der Waals surface area contributed by atoms with E-state index < -0.39 is 0 Å². The van der Waals surface area contributed by atoms with Crippen molar-refractivity contribution in [1.82, 2.24) is 15.5 Å². The lowest BCUT2D eigenvalue weighted by Gasteiger charge is -2.03. The Labute approximate surface area is 108 Å². The molecule has 1 aliphatic carbocycles. The molecule has 96 valence electrons. The highest BCUT2D eigenvalue weighted by molar-refractivity contribution is 7.11. The molecular formula is C13H23N3S. The molecule has 1 heterocycles. The minimum atomic E-state index is 0.356. The molecule has 0 atom stereocenters. The van der Waals surface area contributed by atoms with Crippen LogP contribution in [-0.4, -0.2) is 16.2 Å². The minimum absolute atomic E-state index is 0.356. The van der Waals surface area contributed by atoms with Crippen LogP contribution in [0.15, 0.2) is 0 Å². The van der Waals surface area contributed by atoms with E-state index in [1.165, 1.54) is 5.01 Å². The predicted octanol–water partition coefficient (Wildman–Crippen LogP) is 3.19. The second-order valence-electron chi connectivity index (χ2n) is 6.45. The minimum Gasteiger partial charge on any atom is -0.308 e. The molecule has 0 aliphatic heterocycles. The highest BCUT2D eigenvalue weighted by Gasteiger charge is 2.66. The Kier molecular flexibility index (Phi) is 3.07. The third kappa shape index (κ3) is 2.13. The maximum Gasteiger partial charge on any atom is 0.131 e. The molecule has 0 unspecified atom stereocenters. The summed E-state index contributed by atoms with van der Waals surface area (Å²) < 4.78 is 0. The average molecular weight is 253 g/mol. The highest BCUT2D eigenvalue weighted by Crippen LogP contribution is 2.73. The highest BCUT2D eigenvalue weighted by atomic mass is 32.1. The first-order valence-electron chi connectivity index (χ1n) is 6.32. The van der Waals surface area contributed by atoms with Crippen LogP contribution in [0.25, 0.3) is 0 Å². The lowest BCUT2D eigenvalue weighted by molar-refractivity contribution is 0.457. The molecule has 0 radical (unpaired) electrons. The van der Waals surface area contributed by atoms with Crippen molar-refractivity contribution in [2.45, 2.75) is 60.0 Å². The van der Waals surface area contributed by atoms with Crippen LogP contribution >= 0.6 is 11.3 Å². The topological polar surface area (TPSA) is 37.8 Å². The summed E-state index contributed by atoms with van der Waals surface area (Å²) in [6.07, 6.45) is 0. The second-order valence-corrected chi connectivity index (χ2v) is 7.54. The molecule has 0 saturated heterocycles. The van der Waals surface area contributed by atoms with E-state index in [4.69, 9.17) is 0 Å². The largest absolute Gasteiger partial charge is 0.308 e. The van der Waals surface area contributed by atoms with Gasteiger partial charge in [0.15, 0.2) is 0 Å². The summed E-state index contributed by atoms with van der Waals surface area (Å²) in [4.78, 5) is 0. The van der Waals surface area contributed by atoms with Crippen molar-refractivity contribution < 1.29 is 0 Å². The summed E-state index contributed by atoms with van der Waals surface area (Å²) in [5.74, 6) is 0.570. The number of hydrogen-bond donors (Lipinski definition) is 1. The van der Waals surface area contributed by atoms with Crippen LogP contribution in [0.5, 0.6) is 0 Å². The van der Waals surface area contributed by atoms with Crippen LogP contribution in [-0.2, 0) is 6.54 Å². The third-order valence-electron chi connectivity index (χ3n) is 4.41. The van der Waals surface area contributed by atoms with Crippen LogP contribution in [0.2, 0.25) is 0 Å². The van der Waals surface area contributed by atoms with E-state index in [0.29, 0.717) is 22.8 Å². The summed E-state index contributed by atoms with van der Waals surface area (Å²) in [5.41, 5.74) is 0.713. The summed E-state index contributed by atoms with van der Waals surface area (Å²) >= 11 is 1.77. The Morgan fingerprint density at radius 3 is 2.24 bits per heavy atom. The average Bonchev–Trinajstić information content (AvgIpc) is 2.55. The summed E-state index contributed by atoms with van der Waals surface area (Å²) in [6.45, 7) is 14.4. The Hall–Kier alpha value is -0.480. The number of nitrogens with zero attached hydrogens (tertiary/aromatic N) is 2. The molecule has 17 heavy (non-hydrogen) atoms. The molecular weight excluding hydrogens is 230 g/mol. The predicted molar refractivity (Wildman–Crippen MR) is 72.2 cm³/mol. The van der Waals surface area contributed by atoms with Crippen molar-refractivity contribution in [1.29, 1.82) is 0 Å². The molecule has 1 fully saturated rings. The van der Waals surface area contributed by atoms with E-state index in [9.17, 15) is 0 Å². The van der Waals surface area contributed by atoms with Crippen molar-refractivity contribution in [3.8, 4) is 0 Å². The number of rotatable bonds is 4. The molecule has 0 bridgehead atoms. The van der Waals surface area contributed by atoms with E-state index in [1.54, 1.807) is 11.3 Å². The van der Waals surface area contributed by atoms with Gasteiger partial charge >= 0.3 is 0 Å². The summed E-state index contributed by atoms with van der Waals surface area (Å²) in [6, 6.07) is 0.496. The van der Waals surface area contributed by atoms with Crippen molar-refractivity contribution in [3.63, 3.8) is 0 Å². The normalized spacial score (nSPS) is 22.1. The molecule has 0 spiro atoms. The van der Waals surface area contributed by atoms with Gasteiger partial charge in [-0.15, -0.1) is 10.2 Å². The van der Waals surface area contributed by atoms with Gasteiger partial charge in [-0.25, -0.2) is 0 Å². The monoisotopic (exact) mass is 253 g/mol. The first kappa shape index (κ1) is 13.0. The Morgan fingerprint density at radius 1 is 1.18 bits per heavy atom. The standard InChI is InChI=1S/C13H23N3S/c1-8(2)14-7-9-15-16-11(17-9)10-12(3,4)13(10,5)6/h8,10,14H,7H2,1-6H3. The Balaban J connectivity index is 2.05. The number of hydrogen-bond acceptors (Lipinski definition) is 4. The number of aromatic nitrogens is 2. The van der Waals surface area contributed by atoms with Crippen molar-refractivity contribution in [2.75, 3.05) is 0 Å². The van der Waals surface area contributed by atoms with Crippen molar-refractivity contribution in [3.05, 3.63) is 10.0 Å². The van der Waals surface area contributed by atoms with Gasteiger partial charge in [0.25, 0.3) is 0 Å². The van der Waals surface area contributed by atoms with Crippen LogP contribution in [0.4, 0.5) is 0 Å². The molecule has 4 heteroatoms. The van der Waals surface area contributed by atoms with Crippen molar-refractivity contribution >= 4 is 11.3 Å². The molecule has 1 N–H and O–H groups in total. The second kappa shape index (κ2) is 4.02. The molecule has 2 rings (SSSR count). The molecule has 1 aromatic heterocycles. The van der Waals surface area contributed by atoms with E-state index >= 15 is 0 Å². The van der Waals surface area contributed by atoms with E-state index in [2.05, 4.69) is 57.1 Å². The van der Waals surface area contributed by atoms with Gasteiger partial charge in [0.1, 0.15) is 10.0 Å². The lowest BCUT2D eigenvalue weighted by atomic mass is 10.0. The SMILES string of the molecule is CC(C)NCc1nnc(C2C(C)(C)C2(C)C)s1. The maximum atomic E-state index is 4.38. The third-order valence-corrected chi connectivity index (χ3v) is 5.40. The van der Waals surface area contributed by atoms with Crippen LogP contribution in [0.1, 0.15) is 57.5 Å². The molecule has 1 saturated carbocycles. The molecule has 1 aliphatic rings. The van der Waals surface area contributed by atoms with Crippen LogP contribution in [0, 0.1) is 10.8 Å². The van der Waals surface area contributed by atoms with Gasteiger partial charge in [0, 0.05) is 18.5 Å². The zero-order valence-corrected chi connectivity index (χ0v) is 12.5.